The Morgan fingerprint density at radius 3 is 2.22 bits per heavy atom. The van der Waals surface area contributed by atoms with Crippen LogP contribution in [0.25, 0.3) is 11.1 Å². The summed E-state index contributed by atoms with van der Waals surface area (Å²) in [6.07, 6.45) is 1.85. The fraction of sp³-hybridized carbons (Fsp3) is 0.400. The second kappa shape index (κ2) is 8.30. The lowest BCUT2D eigenvalue weighted by Gasteiger charge is -2.21. The molecule has 7 nitrogen and oxygen atoms in total. The fourth-order valence-corrected chi connectivity index (χ4v) is 5.33. The van der Waals surface area contributed by atoms with Crippen molar-refractivity contribution in [3.63, 3.8) is 0 Å². The summed E-state index contributed by atoms with van der Waals surface area (Å²) >= 11 is 0. The van der Waals surface area contributed by atoms with Gasteiger partial charge in [-0.2, -0.15) is 0 Å². The number of fused-ring (bicyclic) bond motifs is 4. The number of carboxylic acids is 1. The van der Waals surface area contributed by atoms with Crippen molar-refractivity contribution in [1.29, 1.82) is 0 Å². The van der Waals surface area contributed by atoms with E-state index in [2.05, 4.69) is 22.8 Å². The Morgan fingerprint density at radius 2 is 1.66 bits per heavy atom. The number of hydrogen-bond acceptors (Lipinski definition) is 4. The van der Waals surface area contributed by atoms with Crippen LogP contribution in [0.2, 0.25) is 0 Å². The number of alkyl carbamates (subject to hydrolysis) is 1. The Balaban J connectivity index is 1.23. The minimum Gasteiger partial charge on any atom is -0.481 e. The van der Waals surface area contributed by atoms with Crippen molar-refractivity contribution in [2.45, 2.75) is 43.7 Å². The van der Waals surface area contributed by atoms with Gasteiger partial charge in [-0.1, -0.05) is 48.5 Å². The molecule has 0 aromatic heterocycles. The Kier molecular flexibility index (Phi) is 5.33. The van der Waals surface area contributed by atoms with E-state index in [4.69, 9.17) is 4.74 Å². The van der Waals surface area contributed by atoms with Gasteiger partial charge in [0.05, 0.1) is 6.42 Å². The predicted octanol–water partition coefficient (Wildman–Crippen LogP) is 3.28. The number of carbonyl (C=O) groups excluding carboxylic acids is 2. The van der Waals surface area contributed by atoms with Crippen LogP contribution in [0.1, 0.15) is 42.7 Å². The van der Waals surface area contributed by atoms with Crippen molar-refractivity contribution in [2.24, 2.45) is 11.8 Å². The third-order valence-corrected chi connectivity index (χ3v) is 7.00. The Morgan fingerprint density at radius 1 is 1.00 bits per heavy atom. The molecular formula is C25H26N2O5. The van der Waals surface area contributed by atoms with E-state index in [1.165, 1.54) is 0 Å². The number of aliphatic carboxylic acids is 1. The number of nitrogens with one attached hydrogen (secondary N) is 2. The average molecular weight is 434 g/mol. The van der Waals surface area contributed by atoms with Crippen LogP contribution >= 0.6 is 0 Å². The Labute approximate surface area is 186 Å². The fourth-order valence-electron chi connectivity index (χ4n) is 5.33. The number of rotatable bonds is 7. The molecule has 2 fully saturated rings. The third-order valence-electron chi connectivity index (χ3n) is 7.00. The third kappa shape index (κ3) is 3.95. The van der Waals surface area contributed by atoms with E-state index < -0.39 is 30.4 Å². The van der Waals surface area contributed by atoms with Crippen molar-refractivity contribution in [2.75, 3.05) is 6.61 Å². The lowest BCUT2D eigenvalue weighted by Crippen LogP contribution is -2.50. The van der Waals surface area contributed by atoms with Gasteiger partial charge in [-0.15, -0.1) is 0 Å². The molecule has 5 rings (SSSR count). The zero-order valence-corrected chi connectivity index (χ0v) is 17.6. The van der Waals surface area contributed by atoms with E-state index in [0.29, 0.717) is 11.8 Å². The second-order valence-corrected chi connectivity index (χ2v) is 8.97. The van der Waals surface area contributed by atoms with Gasteiger partial charge in [-0.3, -0.25) is 9.59 Å². The van der Waals surface area contributed by atoms with Crippen molar-refractivity contribution >= 4 is 18.0 Å². The lowest BCUT2D eigenvalue weighted by atomic mass is 9.98. The predicted molar refractivity (Wildman–Crippen MR) is 117 cm³/mol. The molecule has 32 heavy (non-hydrogen) atoms. The summed E-state index contributed by atoms with van der Waals surface area (Å²) in [7, 11) is 0. The summed E-state index contributed by atoms with van der Waals surface area (Å²) in [5, 5.41) is 14.6. The van der Waals surface area contributed by atoms with Crippen molar-refractivity contribution in [3.8, 4) is 11.1 Å². The smallest absolute Gasteiger partial charge is 0.407 e. The van der Waals surface area contributed by atoms with Gasteiger partial charge in [0.2, 0.25) is 5.91 Å². The molecular weight excluding hydrogens is 408 g/mol. The second-order valence-electron chi connectivity index (χ2n) is 8.97. The van der Waals surface area contributed by atoms with Gasteiger partial charge >= 0.3 is 12.1 Å². The van der Waals surface area contributed by atoms with Crippen LogP contribution in [-0.4, -0.2) is 41.8 Å². The van der Waals surface area contributed by atoms with E-state index in [1.807, 2.05) is 36.4 Å². The van der Waals surface area contributed by atoms with Crippen LogP contribution in [0.15, 0.2) is 48.5 Å². The van der Waals surface area contributed by atoms with Gasteiger partial charge in [0, 0.05) is 12.0 Å². The molecule has 4 atom stereocenters. The zero-order valence-electron chi connectivity index (χ0n) is 17.6. The Hall–Kier alpha value is -3.35. The van der Waals surface area contributed by atoms with Crippen LogP contribution in [0.5, 0.6) is 0 Å². The van der Waals surface area contributed by atoms with Gasteiger partial charge in [-0.25, -0.2) is 4.79 Å². The van der Waals surface area contributed by atoms with Crippen molar-refractivity contribution in [3.05, 3.63) is 59.7 Å². The largest absolute Gasteiger partial charge is 0.481 e. The molecule has 7 heteroatoms. The standard InChI is InChI=1S/C25H26N2O5/c28-23(29)12-22(24(30)26-21-10-9-14-11-19(14)21)27-25(31)32-13-20-17-7-3-1-5-15(17)16-6-2-4-8-18(16)20/h1-8,14,19-22H,9-13H2,(H,26,30)(H,27,31)(H,28,29)/t14-,19+,21?,22?/m1/s1. The van der Waals surface area contributed by atoms with Gasteiger partial charge in [0.25, 0.3) is 0 Å². The quantitative estimate of drug-likeness (QED) is 0.620. The highest BCUT2D eigenvalue weighted by Gasteiger charge is 2.48. The van der Waals surface area contributed by atoms with Gasteiger partial charge in [0.15, 0.2) is 0 Å². The topological polar surface area (TPSA) is 105 Å². The summed E-state index contributed by atoms with van der Waals surface area (Å²) < 4.78 is 5.48. The van der Waals surface area contributed by atoms with Crippen LogP contribution in [-0.2, 0) is 14.3 Å². The molecule has 2 unspecified atom stereocenters. The molecule has 2 amide bonds. The summed E-state index contributed by atoms with van der Waals surface area (Å²) in [6.45, 7) is 0.105. The summed E-state index contributed by atoms with van der Waals surface area (Å²) in [5.41, 5.74) is 4.41. The molecule has 2 aromatic rings. The van der Waals surface area contributed by atoms with E-state index in [0.717, 1.165) is 41.5 Å². The molecule has 0 bridgehead atoms. The van der Waals surface area contributed by atoms with E-state index in [-0.39, 0.29) is 18.6 Å². The maximum absolute atomic E-state index is 12.7. The highest BCUT2D eigenvalue weighted by molar-refractivity contribution is 5.89. The van der Waals surface area contributed by atoms with Gasteiger partial charge in [-0.05, 0) is 53.4 Å². The van der Waals surface area contributed by atoms with Crippen molar-refractivity contribution < 1.29 is 24.2 Å². The molecule has 0 radical (unpaired) electrons. The molecule has 0 aliphatic heterocycles. The summed E-state index contributed by atoms with van der Waals surface area (Å²) in [4.78, 5) is 36.5. The van der Waals surface area contributed by atoms with Crippen molar-refractivity contribution in [1.82, 2.24) is 10.6 Å². The SMILES string of the molecule is O=C(O)CC(NC(=O)OCC1c2ccccc2-c2ccccc21)C(=O)NC1CC[C@@H]2C[C@H]12. The van der Waals surface area contributed by atoms with Crippen LogP contribution in [0.3, 0.4) is 0 Å². The maximum Gasteiger partial charge on any atom is 0.407 e. The molecule has 0 spiro atoms. The van der Waals surface area contributed by atoms with Crippen LogP contribution in [0.4, 0.5) is 4.79 Å². The number of ether oxygens (including phenoxy) is 1. The first-order valence-electron chi connectivity index (χ1n) is 11.1. The normalized spacial score (nSPS) is 23.4. The van der Waals surface area contributed by atoms with E-state index >= 15 is 0 Å². The first kappa shape index (κ1) is 20.5. The maximum atomic E-state index is 12.7. The number of benzene rings is 2. The molecule has 0 saturated heterocycles. The highest BCUT2D eigenvalue weighted by Crippen LogP contribution is 2.51. The first-order chi connectivity index (χ1) is 15.5. The van der Waals surface area contributed by atoms with Crippen LogP contribution in [0, 0.1) is 11.8 Å². The molecule has 3 aliphatic rings. The minimum atomic E-state index is -1.17. The highest BCUT2D eigenvalue weighted by atomic mass is 16.5. The lowest BCUT2D eigenvalue weighted by molar-refractivity contribution is -0.140. The monoisotopic (exact) mass is 434 g/mol. The molecule has 166 valence electrons. The number of amides is 2. The number of hydrogen-bond donors (Lipinski definition) is 3. The molecule has 0 heterocycles. The van der Waals surface area contributed by atoms with Gasteiger partial charge < -0.3 is 20.5 Å². The minimum absolute atomic E-state index is 0.0770. The zero-order chi connectivity index (χ0) is 22.2. The molecule has 2 saturated carbocycles. The van der Waals surface area contributed by atoms with Gasteiger partial charge in [0.1, 0.15) is 12.6 Å². The first-order valence-corrected chi connectivity index (χ1v) is 11.1. The number of carboxylic acid groups (broad SMARTS) is 1. The van der Waals surface area contributed by atoms with E-state index in [9.17, 15) is 19.5 Å². The molecule has 3 aliphatic carbocycles. The Bertz CT molecular complexity index is 1020. The molecule has 2 aromatic carbocycles. The average Bonchev–Trinajstić information content (AvgIpc) is 3.36. The summed E-state index contributed by atoms with van der Waals surface area (Å²) in [6, 6.07) is 14.9. The summed E-state index contributed by atoms with van der Waals surface area (Å²) in [5.74, 6) is -0.532. The number of carbonyl (C=O) groups is 3. The molecule has 3 N–H and O–H groups in total. The van der Waals surface area contributed by atoms with E-state index in [1.54, 1.807) is 0 Å². The van der Waals surface area contributed by atoms with Crippen LogP contribution < -0.4 is 10.6 Å².